The van der Waals surface area contributed by atoms with Crippen LogP contribution in [0.25, 0.3) is 0 Å². The third kappa shape index (κ3) is 3.06. The zero-order valence-electron chi connectivity index (χ0n) is 8.91. The van der Waals surface area contributed by atoms with Crippen molar-refractivity contribution in [2.45, 2.75) is 13.2 Å². The van der Waals surface area contributed by atoms with Gasteiger partial charge in [-0.15, -0.1) is 5.10 Å². The van der Waals surface area contributed by atoms with Crippen molar-refractivity contribution in [3.05, 3.63) is 42.1 Å². The van der Waals surface area contributed by atoms with E-state index in [1.165, 1.54) is 11.0 Å². The average Bonchev–Trinajstić information content (AvgIpc) is 2.72. The Labute approximate surface area is 93.8 Å². The van der Waals surface area contributed by atoms with Crippen molar-refractivity contribution in [2.24, 2.45) is 0 Å². The number of nitrogens with zero attached hydrogens (tertiary/aromatic N) is 3. The van der Waals surface area contributed by atoms with Gasteiger partial charge in [0.1, 0.15) is 0 Å². The number of nitrogen functional groups attached to an aromatic ring is 1. The predicted molar refractivity (Wildman–Crippen MR) is 60.5 cm³/mol. The zero-order chi connectivity index (χ0) is 11.2. The first-order valence-corrected chi connectivity index (χ1v) is 5.12. The number of hydrogen-bond acceptors (Lipinski definition) is 4. The Kier molecular flexibility index (Phi) is 3.50. The maximum atomic E-state index is 5.49. The second-order valence-electron chi connectivity index (χ2n) is 3.40. The molecular formula is C11H14N4O. The zero-order valence-corrected chi connectivity index (χ0v) is 8.91. The summed E-state index contributed by atoms with van der Waals surface area (Å²) in [4.78, 5) is 1.53. The Balaban J connectivity index is 1.69. The first kappa shape index (κ1) is 10.6. The Hall–Kier alpha value is -1.88. The van der Waals surface area contributed by atoms with E-state index in [0.29, 0.717) is 25.6 Å². The first-order valence-electron chi connectivity index (χ1n) is 5.12. The lowest BCUT2D eigenvalue weighted by atomic mass is 10.2. The number of hydrogen-bond donors (Lipinski definition) is 1. The van der Waals surface area contributed by atoms with Gasteiger partial charge >= 0.3 is 0 Å². The predicted octanol–water partition coefficient (Wildman–Crippen LogP) is 1.08. The lowest BCUT2D eigenvalue weighted by Gasteiger charge is -2.03. The SMILES string of the molecule is Nc1cnn(CCOCc2ccccc2)n1. The molecule has 0 saturated carbocycles. The number of nitrogens with two attached hydrogens (primary N) is 1. The number of ether oxygens (including phenoxy) is 1. The van der Waals surface area contributed by atoms with Gasteiger partial charge in [-0.25, -0.2) is 0 Å². The van der Waals surface area contributed by atoms with Crippen LogP contribution in [0.2, 0.25) is 0 Å². The fraction of sp³-hybridized carbons (Fsp3) is 0.273. The Morgan fingerprint density at radius 3 is 2.75 bits per heavy atom. The molecule has 0 radical (unpaired) electrons. The van der Waals surface area contributed by atoms with E-state index < -0.39 is 0 Å². The molecule has 0 aliphatic carbocycles. The van der Waals surface area contributed by atoms with Gasteiger partial charge in [-0.3, -0.25) is 0 Å². The summed E-state index contributed by atoms with van der Waals surface area (Å²) in [7, 11) is 0. The van der Waals surface area contributed by atoms with Gasteiger partial charge in [-0.1, -0.05) is 30.3 Å². The van der Waals surface area contributed by atoms with Crippen molar-refractivity contribution >= 4 is 5.82 Å². The topological polar surface area (TPSA) is 66.0 Å². The lowest BCUT2D eigenvalue weighted by molar-refractivity contribution is 0.108. The van der Waals surface area contributed by atoms with Crippen LogP contribution in [0.1, 0.15) is 5.56 Å². The standard InChI is InChI=1S/C11H14N4O/c12-11-8-13-15(14-11)6-7-16-9-10-4-2-1-3-5-10/h1-5,8H,6-7,9H2,(H2,12,14). The quantitative estimate of drug-likeness (QED) is 0.762. The molecule has 16 heavy (non-hydrogen) atoms. The molecule has 2 N–H and O–H groups in total. The highest BCUT2D eigenvalue weighted by Crippen LogP contribution is 2.00. The van der Waals surface area contributed by atoms with Crippen LogP contribution in [-0.2, 0) is 17.9 Å². The average molecular weight is 218 g/mol. The number of anilines is 1. The maximum Gasteiger partial charge on any atom is 0.165 e. The molecule has 1 aromatic heterocycles. The molecule has 5 heteroatoms. The van der Waals surface area contributed by atoms with Crippen molar-refractivity contribution in [1.29, 1.82) is 0 Å². The molecule has 0 saturated heterocycles. The second-order valence-corrected chi connectivity index (χ2v) is 3.40. The molecular weight excluding hydrogens is 204 g/mol. The van der Waals surface area contributed by atoms with Crippen LogP contribution in [0.5, 0.6) is 0 Å². The molecule has 0 aliphatic heterocycles. The molecule has 0 aliphatic rings. The molecule has 0 bridgehead atoms. The van der Waals surface area contributed by atoms with Crippen LogP contribution in [-0.4, -0.2) is 21.6 Å². The molecule has 1 aromatic carbocycles. The molecule has 0 fully saturated rings. The van der Waals surface area contributed by atoms with Crippen molar-refractivity contribution in [3.63, 3.8) is 0 Å². The van der Waals surface area contributed by atoms with Crippen molar-refractivity contribution in [3.8, 4) is 0 Å². The highest BCUT2D eigenvalue weighted by Gasteiger charge is 1.96. The molecule has 84 valence electrons. The van der Waals surface area contributed by atoms with E-state index in [1.807, 2.05) is 30.3 Å². The summed E-state index contributed by atoms with van der Waals surface area (Å²) in [6.07, 6.45) is 1.52. The monoisotopic (exact) mass is 218 g/mol. The third-order valence-electron chi connectivity index (χ3n) is 2.10. The summed E-state index contributed by atoms with van der Waals surface area (Å²) in [5.74, 6) is 0.433. The van der Waals surface area contributed by atoms with E-state index in [0.717, 1.165) is 5.56 Å². The molecule has 0 amide bonds. The van der Waals surface area contributed by atoms with Gasteiger partial charge < -0.3 is 10.5 Å². The van der Waals surface area contributed by atoms with Crippen LogP contribution >= 0.6 is 0 Å². The van der Waals surface area contributed by atoms with Gasteiger partial charge in [0.05, 0.1) is 26.0 Å². The van der Waals surface area contributed by atoms with E-state index in [4.69, 9.17) is 10.5 Å². The summed E-state index contributed by atoms with van der Waals surface area (Å²) in [5.41, 5.74) is 6.60. The fourth-order valence-electron chi connectivity index (χ4n) is 1.33. The lowest BCUT2D eigenvalue weighted by Crippen LogP contribution is -2.09. The summed E-state index contributed by atoms with van der Waals surface area (Å²) < 4.78 is 5.49. The van der Waals surface area contributed by atoms with E-state index in [2.05, 4.69) is 10.2 Å². The van der Waals surface area contributed by atoms with Gasteiger partial charge in [0.2, 0.25) is 0 Å². The van der Waals surface area contributed by atoms with Gasteiger partial charge in [-0.05, 0) is 5.56 Å². The summed E-state index contributed by atoms with van der Waals surface area (Å²) >= 11 is 0. The normalized spacial score (nSPS) is 10.5. The Bertz CT molecular complexity index is 427. The summed E-state index contributed by atoms with van der Waals surface area (Å²) in [6.45, 7) is 1.80. The molecule has 2 aromatic rings. The Morgan fingerprint density at radius 1 is 1.25 bits per heavy atom. The number of rotatable bonds is 5. The van der Waals surface area contributed by atoms with Gasteiger partial charge in [0, 0.05) is 0 Å². The van der Waals surface area contributed by atoms with E-state index in [1.54, 1.807) is 0 Å². The minimum Gasteiger partial charge on any atom is -0.381 e. The van der Waals surface area contributed by atoms with E-state index in [-0.39, 0.29) is 0 Å². The minimum absolute atomic E-state index is 0.433. The molecule has 2 rings (SSSR count). The first-order chi connectivity index (χ1) is 7.84. The molecule has 1 heterocycles. The van der Waals surface area contributed by atoms with Crippen LogP contribution < -0.4 is 5.73 Å². The van der Waals surface area contributed by atoms with Crippen LogP contribution in [0.15, 0.2) is 36.5 Å². The number of benzene rings is 1. The van der Waals surface area contributed by atoms with Gasteiger partial charge in [0.25, 0.3) is 0 Å². The summed E-state index contributed by atoms with van der Waals surface area (Å²) in [6, 6.07) is 10.0. The smallest absolute Gasteiger partial charge is 0.165 e. The molecule has 0 spiro atoms. The van der Waals surface area contributed by atoms with Gasteiger partial charge in [-0.2, -0.15) is 9.90 Å². The van der Waals surface area contributed by atoms with Gasteiger partial charge in [0.15, 0.2) is 5.82 Å². The third-order valence-corrected chi connectivity index (χ3v) is 2.10. The number of aromatic nitrogens is 3. The van der Waals surface area contributed by atoms with Crippen molar-refractivity contribution in [2.75, 3.05) is 12.3 Å². The molecule has 5 nitrogen and oxygen atoms in total. The summed E-state index contributed by atoms with van der Waals surface area (Å²) in [5, 5.41) is 7.92. The maximum absolute atomic E-state index is 5.49. The molecule has 0 unspecified atom stereocenters. The van der Waals surface area contributed by atoms with Crippen molar-refractivity contribution < 1.29 is 4.74 Å². The second kappa shape index (κ2) is 5.27. The van der Waals surface area contributed by atoms with Crippen molar-refractivity contribution in [1.82, 2.24) is 15.0 Å². The Morgan fingerprint density at radius 2 is 2.06 bits per heavy atom. The van der Waals surface area contributed by atoms with Crippen LogP contribution in [0.3, 0.4) is 0 Å². The highest BCUT2D eigenvalue weighted by molar-refractivity contribution is 5.19. The molecule has 0 atom stereocenters. The highest BCUT2D eigenvalue weighted by atomic mass is 16.5. The van der Waals surface area contributed by atoms with Crippen LogP contribution in [0.4, 0.5) is 5.82 Å². The van der Waals surface area contributed by atoms with Crippen LogP contribution in [0, 0.1) is 0 Å². The largest absolute Gasteiger partial charge is 0.381 e. The fourth-order valence-corrected chi connectivity index (χ4v) is 1.33. The van der Waals surface area contributed by atoms with E-state index >= 15 is 0 Å². The minimum atomic E-state index is 0.433. The van der Waals surface area contributed by atoms with E-state index in [9.17, 15) is 0 Å².